The van der Waals surface area contributed by atoms with Gasteiger partial charge in [-0.2, -0.15) is 0 Å². The molecule has 9 heteroatoms. The molecule has 3 aliphatic heterocycles. The second-order valence-electron chi connectivity index (χ2n) is 14.3. The first kappa shape index (κ1) is 39.4. The summed E-state index contributed by atoms with van der Waals surface area (Å²) in [5, 5.41) is 52.4. The zero-order valence-electron chi connectivity index (χ0n) is 28.8. The number of esters is 1. The van der Waals surface area contributed by atoms with Crippen molar-refractivity contribution in [1.29, 1.82) is 0 Å². The summed E-state index contributed by atoms with van der Waals surface area (Å²) >= 11 is 0. The molecule has 3 aliphatic rings. The van der Waals surface area contributed by atoms with E-state index in [-0.39, 0.29) is 30.4 Å². The molecule has 3 rings (SSSR count). The smallest absolute Gasteiger partial charge is 0.334 e. The van der Waals surface area contributed by atoms with Crippen LogP contribution in [0, 0.1) is 0 Å². The summed E-state index contributed by atoms with van der Waals surface area (Å²) in [7, 11) is 0. The molecule has 0 saturated carbocycles. The lowest BCUT2D eigenvalue weighted by Gasteiger charge is -2.24. The number of rotatable bonds is 25. The maximum Gasteiger partial charge on any atom is 0.334 e. The minimum absolute atomic E-state index is 0.0701. The van der Waals surface area contributed by atoms with Crippen LogP contribution in [0.3, 0.4) is 0 Å². The number of cyclic esters (lactones) is 1. The Balaban J connectivity index is 1.18. The van der Waals surface area contributed by atoms with Gasteiger partial charge in [0.05, 0.1) is 48.8 Å². The van der Waals surface area contributed by atoms with Crippen molar-refractivity contribution < 1.29 is 44.5 Å². The highest BCUT2D eigenvalue weighted by Crippen LogP contribution is 2.35. The van der Waals surface area contributed by atoms with Gasteiger partial charge in [-0.1, -0.05) is 84.0 Å². The average Bonchev–Trinajstić information content (AvgIpc) is 3.75. The molecule has 0 spiro atoms. The molecule has 0 aromatic rings. The Morgan fingerprint density at radius 1 is 0.717 bits per heavy atom. The fourth-order valence-corrected chi connectivity index (χ4v) is 7.33. The number of unbranched alkanes of at least 4 members (excludes halogenated alkanes) is 11. The van der Waals surface area contributed by atoms with E-state index in [1.54, 1.807) is 0 Å². The average molecular weight is 655 g/mol. The van der Waals surface area contributed by atoms with Gasteiger partial charge in [0.25, 0.3) is 0 Å². The van der Waals surface area contributed by atoms with Gasteiger partial charge in [0, 0.05) is 12.0 Å². The van der Waals surface area contributed by atoms with Gasteiger partial charge >= 0.3 is 5.97 Å². The molecule has 0 amide bonds. The van der Waals surface area contributed by atoms with Crippen LogP contribution in [0.2, 0.25) is 0 Å². The minimum Gasteiger partial charge on any atom is -0.455 e. The maximum atomic E-state index is 11.6. The van der Waals surface area contributed by atoms with Crippen molar-refractivity contribution in [3.63, 3.8) is 0 Å². The van der Waals surface area contributed by atoms with Crippen molar-refractivity contribution in [3.05, 3.63) is 11.6 Å². The summed E-state index contributed by atoms with van der Waals surface area (Å²) in [5.74, 6) is -0.141. The largest absolute Gasteiger partial charge is 0.455 e. The van der Waals surface area contributed by atoms with Gasteiger partial charge in [0.15, 0.2) is 0 Å². The summed E-state index contributed by atoms with van der Waals surface area (Å²) < 4.78 is 17.4. The van der Waals surface area contributed by atoms with Crippen molar-refractivity contribution >= 4 is 5.97 Å². The predicted octanol–water partition coefficient (Wildman–Crippen LogP) is 5.80. The zero-order valence-corrected chi connectivity index (χ0v) is 28.8. The number of aliphatic hydroxyl groups is 5. The fraction of sp³-hybridized carbons (Fsp3) is 0.919. The maximum absolute atomic E-state index is 11.6. The van der Waals surface area contributed by atoms with E-state index in [9.17, 15) is 30.3 Å². The highest BCUT2D eigenvalue weighted by Gasteiger charge is 2.45. The third kappa shape index (κ3) is 13.8. The van der Waals surface area contributed by atoms with E-state index in [2.05, 4.69) is 6.92 Å². The zero-order chi connectivity index (χ0) is 33.3. The second-order valence-corrected chi connectivity index (χ2v) is 14.3. The lowest BCUT2D eigenvalue weighted by atomic mass is 9.98. The molecule has 0 aliphatic carbocycles. The third-order valence-corrected chi connectivity index (χ3v) is 10.2. The van der Waals surface area contributed by atoms with Crippen LogP contribution in [0.15, 0.2) is 11.6 Å². The SMILES string of the molecule is CCCCC[C@H](O)[C@@H](O)CCC[C@@H](O)[C@@H]1CC[C@@H](C2CC(O)[C@@H]([C@@H](O)CCCCCCCCCCCCC3=CC(C)OC3=O)O2)O1. The molecule has 0 radical (unpaired) electrons. The normalized spacial score (nSPS) is 29.1. The quantitative estimate of drug-likeness (QED) is 0.0609. The first-order valence-corrected chi connectivity index (χ1v) is 18.8. The Morgan fingerprint density at radius 2 is 1.30 bits per heavy atom. The van der Waals surface area contributed by atoms with Crippen molar-refractivity contribution in [2.45, 2.75) is 216 Å². The molecule has 0 aromatic carbocycles. The van der Waals surface area contributed by atoms with E-state index in [0.717, 1.165) is 69.8 Å². The van der Waals surface area contributed by atoms with Crippen LogP contribution in [0.4, 0.5) is 0 Å². The first-order valence-electron chi connectivity index (χ1n) is 18.8. The molecule has 0 bridgehead atoms. The number of carbonyl (C=O) groups is 1. The van der Waals surface area contributed by atoms with Crippen molar-refractivity contribution in [3.8, 4) is 0 Å². The molecular formula is C37H66O9. The molecule has 2 fully saturated rings. The van der Waals surface area contributed by atoms with Crippen LogP contribution in [-0.2, 0) is 19.0 Å². The molecule has 9 nitrogen and oxygen atoms in total. The molecule has 5 N–H and O–H groups in total. The summed E-state index contributed by atoms with van der Waals surface area (Å²) in [6.45, 7) is 4.01. The van der Waals surface area contributed by atoms with Crippen molar-refractivity contribution in [2.24, 2.45) is 0 Å². The highest BCUT2D eigenvalue weighted by atomic mass is 16.6. The van der Waals surface area contributed by atoms with E-state index in [4.69, 9.17) is 14.2 Å². The Hall–Kier alpha value is -1.07. The van der Waals surface area contributed by atoms with Crippen LogP contribution in [-0.4, -0.2) is 92.5 Å². The van der Waals surface area contributed by atoms with E-state index in [1.165, 1.54) is 32.1 Å². The standard InChI is InChI=1S/C37H66O9/c1-3-4-13-18-28(38)29(39)20-16-21-30(40)33-22-23-34(45-33)35-25-32(42)36(46-35)31(41)19-15-12-10-8-6-5-7-9-11-14-17-27-24-26(2)44-37(27)43/h24,26,28-36,38-42H,3-23,25H2,1-2H3/t26?,28-,29-,30+,31-,32?,33-,34-,35?,36+/m0/s1. The number of hydrogen-bond donors (Lipinski definition) is 5. The van der Waals surface area contributed by atoms with Crippen molar-refractivity contribution in [1.82, 2.24) is 0 Å². The molecule has 46 heavy (non-hydrogen) atoms. The second kappa shape index (κ2) is 21.8. The summed E-state index contributed by atoms with van der Waals surface area (Å²) in [6, 6.07) is 0. The van der Waals surface area contributed by atoms with Crippen molar-refractivity contribution in [2.75, 3.05) is 0 Å². The number of hydrogen-bond acceptors (Lipinski definition) is 9. The molecule has 0 aromatic heterocycles. The van der Waals surface area contributed by atoms with Gasteiger partial charge in [-0.05, 0) is 70.8 Å². The molecular weight excluding hydrogens is 588 g/mol. The molecule has 3 heterocycles. The van der Waals surface area contributed by atoms with E-state index >= 15 is 0 Å². The molecule has 10 atom stereocenters. The monoisotopic (exact) mass is 654 g/mol. The van der Waals surface area contributed by atoms with E-state index in [0.29, 0.717) is 44.9 Å². The van der Waals surface area contributed by atoms with Gasteiger partial charge in [-0.3, -0.25) is 0 Å². The Labute approximate surface area is 278 Å². The summed E-state index contributed by atoms with van der Waals surface area (Å²) in [6.07, 6.45) is 17.0. The first-order chi connectivity index (χ1) is 22.2. The molecule has 3 unspecified atom stereocenters. The Bertz CT molecular complexity index is 866. The van der Waals surface area contributed by atoms with Gasteiger partial charge < -0.3 is 39.7 Å². The summed E-state index contributed by atoms with van der Waals surface area (Å²) in [5.41, 5.74) is 0.843. The lowest BCUT2D eigenvalue weighted by Crippen LogP contribution is -2.35. The Morgan fingerprint density at radius 3 is 1.93 bits per heavy atom. The molecule has 268 valence electrons. The van der Waals surface area contributed by atoms with Crippen LogP contribution in [0.1, 0.15) is 155 Å². The number of carbonyl (C=O) groups excluding carboxylic acids is 1. The molecule has 2 saturated heterocycles. The van der Waals surface area contributed by atoms with Crippen LogP contribution in [0.25, 0.3) is 0 Å². The number of aliphatic hydroxyl groups excluding tert-OH is 5. The summed E-state index contributed by atoms with van der Waals surface area (Å²) in [4.78, 5) is 11.6. The fourth-order valence-electron chi connectivity index (χ4n) is 7.33. The van der Waals surface area contributed by atoms with Gasteiger partial charge in [0.1, 0.15) is 12.2 Å². The van der Waals surface area contributed by atoms with Gasteiger partial charge in [-0.25, -0.2) is 4.79 Å². The predicted molar refractivity (Wildman–Crippen MR) is 178 cm³/mol. The number of ether oxygens (including phenoxy) is 3. The topological polar surface area (TPSA) is 146 Å². The minimum atomic E-state index is -0.760. The van der Waals surface area contributed by atoms with Gasteiger partial charge in [0.2, 0.25) is 0 Å². The Kier molecular flexibility index (Phi) is 18.7. The van der Waals surface area contributed by atoms with E-state index in [1.807, 2.05) is 13.0 Å². The lowest BCUT2D eigenvalue weighted by molar-refractivity contribution is -0.139. The van der Waals surface area contributed by atoms with Gasteiger partial charge in [-0.15, -0.1) is 0 Å². The highest BCUT2D eigenvalue weighted by molar-refractivity contribution is 5.90. The van der Waals surface area contributed by atoms with Crippen LogP contribution in [0.5, 0.6) is 0 Å². The third-order valence-electron chi connectivity index (χ3n) is 10.2. The van der Waals surface area contributed by atoms with Crippen LogP contribution >= 0.6 is 0 Å². The van der Waals surface area contributed by atoms with E-state index < -0.39 is 36.6 Å². The van der Waals surface area contributed by atoms with Crippen LogP contribution < -0.4 is 0 Å².